The van der Waals surface area contributed by atoms with Crippen LogP contribution in [0.5, 0.6) is 0 Å². The minimum atomic E-state index is -0.554. The summed E-state index contributed by atoms with van der Waals surface area (Å²) in [4.78, 5) is 34.3. The zero-order valence-electron chi connectivity index (χ0n) is 15.1. The van der Waals surface area contributed by atoms with Crippen LogP contribution in [0.3, 0.4) is 0 Å². The average molecular weight is 368 g/mol. The number of H-pyrrole nitrogens is 1. The monoisotopic (exact) mass is 368 g/mol. The normalized spacial score (nSPS) is 15.4. The summed E-state index contributed by atoms with van der Waals surface area (Å²) >= 11 is 0. The fourth-order valence-corrected chi connectivity index (χ4v) is 3.46. The molecule has 27 heavy (non-hydrogen) atoms. The first-order valence-corrected chi connectivity index (χ1v) is 8.78. The van der Waals surface area contributed by atoms with Crippen molar-refractivity contribution < 1.29 is 9.59 Å². The van der Waals surface area contributed by atoms with Crippen molar-refractivity contribution in [3.8, 4) is 0 Å². The van der Waals surface area contributed by atoms with E-state index >= 15 is 0 Å². The zero-order chi connectivity index (χ0) is 19.1. The van der Waals surface area contributed by atoms with E-state index in [9.17, 15) is 9.59 Å². The van der Waals surface area contributed by atoms with Crippen LogP contribution in [0.1, 0.15) is 56.9 Å². The number of fused-ring (bicyclic) bond motifs is 1. The molecule has 140 valence electrons. The SMILES string of the molecule is Cc1cc(C)n2nc(C(=O)N3CCC(c4cc(C(N)=O)n[nH]4)CC3)nc2n1. The second kappa shape index (κ2) is 6.45. The number of nitrogens with two attached hydrogens (primary N) is 1. The molecule has 1 aliphatic heterocycles. The predicted octanol–water partition coefficient (Wildman–Crippen LogP) is 0.583. The first-order chi connectivity index (χ1) is 12.9. The number of primary amides is 1. The van der Waals surface area contributed by atoms with Gasteiger partial charge in [-0.15, -0.1) is 5.10 Å². The minimum absolute atomic E-state index is 0.159. The number of hydrogen-bond donors (Lipinski definition) is 2. The van der Waals surface area contributed by atoms with E-state index in [1.54, 1.807) is 15.5 Å². The van der Waals surface area contributed by atoms with E-state index < -0.39 is 5.91 Å². The van der Waals surface area contributed by atoms with E-state index in [-0.39, 0.29) is 23.3 Å². The third-order valence-electron chi connectivity index (χ3n) is 4.88. The Balaban J connectivity index is 1.47. The Morgan fingerprint density at radius 2 is 1.93 bits per heavy atom. The molecular formula is C17H20N8O2. The van der Waals surface area contributed by atoms with Crippen LogP contribution in [0, 0.1) is 13.8 Å². The maximum atomic E-state index is 12.8. The Morgan fingerprint density at radius 1 is 1.19 bits per heavy atom. The van der Waals surface area contributed by atoms with Gasteiger partial charge in [0.2, 0.25) is 5.82 Å². The highest BCUT2D eigenvalue weighted by molar-refractivity contribution is 5.91. The number of nitrogens with zero attached hydrogens (tertiary/aromatic N) is 6. The van der Waals surface area contributed by atoms with Crippen molar-refractivity contribution in [2.45, 2.75) is 32.6 Å². The fourth-order valence-electron chi connectivity index (χ4n) is 3.46. The van der Waals surface area contributed by atoms with Gasteiger partial charge in [0, 0.05) is 36.1 Å². The lowest BCUT2D eigenvalue weighted by atomic mass is 9.93. The number of likely N-dealkylation sites (tertiary alicyclic amines) is 1. The van der Waals surface area contributed by atoms with Crippen molar-refractivity contribution in [3.63, 3.8) is 0 Å². The smallest absolute Gasteiger partial charge is 0.293 e. The first kappa shape index (κ1) is 17.1. The van der Waals surface area contributed by atoms with Crippen LogP contribution < -0.4 is 5.73 Å². The fraction of sp³-hybridized carbons (Fsp3) is 0.412. The van der Waals surface area contributed by atoms with Crippen LogP contribution >= 0.6 is 0 Å². The minimum Gasteiger partial charge on any atom is -0.364 e. The van der Waals surface area contributed by atoms with Crippen LogP contribution in [0.25, 0.3) is 5.78 Å². The maximum Gasteiger partial charge on any atom is 0.293 e. The quantitative estimate of drug-likeness (QED) is 0.694. The molecule has 3 N–H and O–H groups in total. The molecule has 1 aliphatic rings. The van der Waals surface area contributed by atoms with Crippen LogP contribution in [-0.2, 0) is 0 Å². The third-order valence-corrected chi connectivity index (χ3v) is 4.88. The lowest BCUT2D eigenvalue weighted by Crippen LogP contribution is -2.38. The number of carbonyl (C=O) groups is 2. The summed E-state index contributed by atoms with van der Waals surface area (Å²) in [6.45, 7) is 4.94. The van der Waals surface area contributed by atoms with Crippen LogP contribution in [-0.4, -0.2) is 59.6 Å². The molecule has 0 aromatic carbocycles. The molecule has 1 saturated heterocycles. The molecule has 3 aromatic rings. The van der Waals surface area contributed by atoms with Gasteiger partial charge < -0.3 is 10.6 Å². The van der Waals surface area contributed by atoms with E-state index in [1.165, 1.54) is 0 Å². The second-order valence-corrected chi connectivity index (χ2v) is 6.83. The first-order valence-electron chi connectivity index (χ1n) is 8.78. The number of aromatic amines is 1. The van der Waals surface area contributed by atoms with Gasteiger partial charge in [-0.1, -0.05) is 0 Å². The number of hydrogen-bond acceptors (Lipinski definition) is 6. The number of piperidine rings is 1. The van der Waals surface area contributed by atoms with E-state index in [2.05, 4.69) is 25.3 Å². The van der Waals surface area contributed by atoms with Gasteiger partial charge in [-0.05, 0) is 38.8 Å². The molecule has 1 fully saturated rings. The third kappa shape index (κ3) is 3.14. The molecule has 3 aromatic heterocycles. The predicted molar refractivity (Wildman–Crippen MR) is 95.2 cm³/mol. The van der Waals surface area contributed by atoms with E-state index in [1.807, 2.05) is 19.9 Å². The highest BCUT2D eigenvalue weighted by Crippen LogP contribution is 2.27. The molecule has 0 spiro atoms. The van der Waals surface area contributed by atoms with Crippen LogP contribution in [0.2, 0.25) is 0 Å². The van der Waals surface area contributed by atoms with Crippen molar-refractivity contribution in [2.24, 2.45) is 5.73 Å². The molecule has 10 nitrogen and oxygen atoms in total. The van der Waals surface area contributed by atoms with Gasteiger partial charge in [-0.2, -0.15) is 10.1 Å². The number of carbonyl (C=O) groups excluding carboxylic acids is 2. The summed E-state index contributed by atoms with van der Waals surface area (Å²) in [6.07, 6.45) is 1.52. The summed E-state index contributed by atoms with van der Waals surface area (Å²) in [6, 6.07) is 3.58. The molecule has 0 bridgehead atoms. The van der Waals surface area contributed by atoms with Gasteiger partial charge in [0.15, 0.2) is 0 Å². The van der Waals surface area contributed by atoms with Crippen molar-refractivity contribution >= 4 is 17.6 Å². The lowest BCUT2D eigenvalue weighted by Gasteiger charge is -2.30. The summed E-state index contributed by atoms with van der Waals surface area (Å²) < 4.78 is 1.59. The molecule has 0 unspecified atom stereocenters. The summed E-state index contributed by atoms with van der Waals surface area (Å²) in [5.74, 6) is 0.0465. The number of aromatic nitrogens is 6. The van der Waals surface area contributed by atoms with Gasteiger partial charge in [0.25, 0.3) is 17.6 Å². The van der Waals surface area contributed by atoms with Gasteiger partial charge in [-0.25, -0.2) is 9.50 Å². The Morgan fingerprint density at radius 3 is 2.59 bits per heavy atom. The van der Waals surface area contributed by atoms with Crippen molar-refractivity contribution in [2.75, 3.05) is 13.1 Å². The maximum absolute atomic E-state index is 12.8. The standard InChI is InChI=1S/C17H20N8O2/c1-9-7-10(2)25-17(19-9)20-15(23-25)16(27)24-5-3-11(4-6-24)12-8-13(14(18)26)22-21-12/h7-8,11H,3-6H2,1-2H3,(H2,18,26)(H,21,22). The molecule has 10 heteroatoms. The second-order valence-electron chi connectivity index (χ2n) is 6.83. The molecular weight excluding hydrogens is 348 g/mol. The Hall–Kier alpha value is -3.30. The van der Waals surface area contributed by atoms with E-state index in [0.717, 1.165) is 29.9 Å². The van der Waals surface area contributed by atoms with Crippen LogP contribution in [0.15, 0.2) is 12.1 Å². The molecule has 4 rings (SSSR count). The van der Waals surface area contributed by atoms with Gasteiger partial charge >= 0.3 is 0 Å². The lowest BCUT2D eigenvalue weighted by molar-refractivity contribution is 0.0700. The number of aryl methyl sites for hydroxylation is 2. The summed E-state index contributed by atoms with van der Waals surface area (Å²) in [7, 11) is 0. The van der Waals surface area contributed by atoms with E-state index in [0.29, 0.717) is 18.9 Å². The summed E-state index contributed by atoms with van der Waals surface area (Å²) in [5.41, 5.74) is 8.06. The molecule has 0 aliphatic carbocycles. The Labute approximate surface area is 154 Å². The molecule has 4 heterocycles. The van der Waals surface area contributed by atoms with Crippen molar-refractivity contribution in [1.29, 1.82) is 0 Å². The van der Waals surface area contributed by atoms with Crippen molar-refractivity contribution in [1.82, 2.24) is 34.7 Å². The topological polar surface area (TPSA) is 135 Å². The van der Waals surface area contributed by atoms with Gasteiger partial charge in [0.1, 0.15) is 5.69 Å². The zero-order valence-corrected chi connectivity index (χ0v) is 15.1. The van der Waals surface area contributed by atoms with Crippen LogP contribution in [0.4, 0.5) is 0 Å². The Bertz CT molecular complexity index is 1030. The molecule has 0 atom stereocenters. The summed E-state index contributed by atoms with van der Waals surface area (Å²) in [5, 5.41) is 11.1. The molecule has 0 radical (unpaired) electrons. The number of amides is 2. The molecule has 0 saturated carbocycles. The number of rotatable bonds is 3. The van der Waals surface area contributed by atoms with Gasteiger partial charge in [-0.3, -0.25) is 14.7 Å². The Kier molecular flexibility index (Phi) is 4.09. The average Bonchev–Trinajstić information content (AvgIpc) is 3.28. The highest BCUT2D eigenvalue weighted by atomic mass is 16.2. The molecule has 2 amide bonds. The van der Waals surface area contributed by atoms with Crippen molar-refractivity contribution in [3.05, 3.63) is 40.7 Å². The largest absolute Gasteiger partial charge is 0.364 e. The highest BCUT2D eigenvalue weighted by Gasteiger charge is 2.28. The van der Waals surface area contributed by atoms with E-state index in [4.69, 9.17) is 5.73 Å². The number of nitrogens with one attached hydrogen (secondary N) is 1. The van der Waals surface area contributed by atoms with Gasteiger partial charge in [0.05, 0.1) is 0 Å².